The van der Waals surface area contributed by atoms with Gasteiger partial charge in [-0.2, -0.15) is 0 Å². The Labute approximate surface area is 73.3 Å². The first-order chi connectivity index (χ1) is 6.18. The summed E-state index contributed by atoms with van der Waals surface area (Å²) in [5, 5.41) is 18.4. The summed E-state index contributed by atoms with van der Waals surface area (Å²) >= 11 is 0. The molecule has 1 N–H and O–H groups in total. The molecule has 0 radical (unpaired) electrons. The van der Waals surface area contributed by atoms with E-state index in [1.54, 1.807) is 0 Å². The molecule has 0 spiro atoms. The van der Waals surface area contributed by atoms with Crippen LogP contribution in [0.3, 0.4) is 0 Å². The topological polar surface area (TPSA) is 91.1 Å². The molecule has 4 unspecified atom stereocenters. The largest absolute Gasteiger partial charge is 0.388 e. The average Bonchev–Trinajstić information content (AvgIpc) is 2.56. The van der Waals surface area contributed by atoms with Gasteiger partial charge in [-0.3, -0.25) is 0 Å². The highest BCUT2D eigenvalue weighted by Gasteiger charge is 2.48. The molecule has 2 aliphatic rings. The summed E-state index contributed by atoms with van der Waals surface area (Å²) in [5.41, 5.74) is 0. The van der Waals surface area contributed by atoms with Crippen LogP contribution >= 0.6 is 0 Å². The number of hydrogen-bond acceptors (Lipinski definition) is 6. The first-order valence-electron chi connectivity index (χ1n) is 3.91. The van der Waals surface area contributed by atoms with Crippen molar-refractivity contribution >= 4 is 0 Å². The lowest BCUT2D eigenvalue weighted by Crippen LogP contribution is -2.33. The fourth-order valence-corrected chi connectivity index (χ4v) is 1.64. The number of aliphatic hydroxyl groups is 1. The molecule has 0 amide bonds. The van der Waals surface area contributed by atoms with Gasteiger partial charge in [-0.15, -0.1) is 10.1 Å². The summed E-state index contributed by atoms with van der Waals surface area (Å²) in [5.74, 6) is 0. The average molecular weight is 197 g/mol. The Kier molecular flexibility index (Phi) is 2.06. The fraction of sp³-hybridized carbons (Fsp3) is 1.00. The molecule has 13 heavy (non-hydrogen) atoms. The van der Waals surface area contributed by atoms with Crippen LogP contribution in [-0.2, 0) is 14.3 Å². The van der Waals surface area contributed by atoms with E-state index in [1.165, 1.54) is 0 Å². The number of aliphatic hydroxyl groups excluding tert-OH is 1. The van der Waals surface area contributed by atoms with Crippen LogP contribution in [-0.4, -0.2) is 47.8 Å². The van der Waals surface area contributed by atoms with Crippen LogP contribution in [0, 0.1) is 10.1 Å². The first-order valence-corrected chi connectivity index (χ1v) is 3.91. The lowest BCUT2D eigenvalue weighted by Gasteiger charge is -2.12. The van der Waals surface area contributed by atoms with Crippen LogP contribution in [0.4, 0.5) is 0 Å². The zero-order valence-electron chi connectivity index (χ0n) is 6.66. The molecular formula is C6H9NO6. The zero-order chi connectivity index (χ0) is 9.42. The fourth-order valence-electron chi connectivity index (χ4n) is 1.64. The SMILES string of the molecule is O=[N+]([O-])O[13CH]1[13CH2]O[13CH]2[13CH](O)[13CH2]O[13CH]12. The van der Waals surface area contributed by atoms with E-state index in [-0.39, 0.29) is 13.2 Å². The molecule has 2 rings (SSSR count). The third-order valence-electron chi connectivity index (χ3n) is 2.20. The second kappa shape index (κ2) is 3.09. The summed E-state index contributed by atoms with van der Waals surface area (Å²) < 4.78 is 10.2. The van der Waals surface area contributed by atoms with Crippen LogP contribution in [0.25, 0.3) is 0 Å². The maximum atomic E-state index is 10.0. The van der Waals surface area contributed by atoms with Gasteiger partial charge in [0.2, 0.25) is 0 Å². The van der Waals surface area contributed by atoms with Crippen LogP contribution < -0.4 is 0 Å². The van der Waals surface area contributed by atoms with Gasteiger partial charge in [-0.25, -0.2) is 0 Å². The third kappa shape index (κ3) is 1.45. The molecule has 2 aliphatic heterocycles. The van der Waals surface area contributed by atoms with Gasteiger partial charge in [0.05, 0.1) is 13.2 Å². The first kappa shape index (κ1) is 8.67. The molecule has 0 aliphatic carbocycles. The van der Waals surface area contributed by atoms with Gasteiger partial charge in [0.1, 0.15) is 18.3 Å². The van der Waals surface area contributed by atoms with Crippen molar-refractivity contribution < 1.29 is 24.5 Å². The van der Waals surface area contributed by atoms with Crippen molar-refractivity contribution in [1.29, 1.82) is 0 Å². The minimum absolute atomic E-state index is 0.0906. The summed E-state index contributed by atoms with van der Waals surface area (Å²) in [6, 6.07) is 0. The van der Waals surface area contributed by atoms with Gasteiger partial charge in [-0.05, 0) is 0 Å². The summed E-state index contributed by atoms with van der Waals surface area (Å²) in [6.07, 6.45) is -2.41. The van der Waals surface area contributed by atoms with E-state index in [2.05, 4.69) is 4.84 Å². The van der Waals surface area contributed by atoms with Crippen LogP contribution in [0.5, 0.6) is 0 Å². The van der Waals surface area contributed by atoms with Crippen LogP contribution in [0.15, 0.2) is 0 Å². The number of fused-ring (bicyclic) bond motifs is 1. The molecule has 0 aromatic rings. The van der Waals surface area contributed by atoms with E-state index in [0.717, 1.165) is 0 Å². The van der Waals surface area contributed by atoms with Gasteiger partial charge in [0, 0.05) is 0 Å². The summed E-state index contributed by atoms with van der Waals surface area (Å²) in [4.78, 5) is 14.4. The molecule has 0 aromatic heterocycles. The van der Waals surface area contributed by atoms with Crippen molar-refractivity contribution in [1.82, 2.24) is 0 Å². The van der Waals surface area contributed by atoms with E-state index in [9.17, 15) is 15.2 Å². The van der Waals surface area contributed by atoms with E-state index in [1.807, 2.05) is 0 Å². The predicted octanol–water partition coefficient (Wildman–Crippen LogP) is -1.28. The molecule has 7 heteroatoms. The van der Waals surface area contributed by atoms with Crippen molar-refractivity contribution in [3.63, 3.8) is 0 Å². The minimum Gasteiger partial charge on any atom is -0.388 e. The number of nitrogens with zero attached hydrogens (tertiary/aromatic N) is 1. The molecule has 4 atom stereocenters. The number of hydrogen-bond donors (Lipinski definition) is 1. The number of rotatable bonds is 2. The van der Waals surface area contributed by atoms with Crippen molar-refractivity contribution in [2.45, 2.75) is 24.4 Å². The maximum absolute atomic E-state index is 10.0. The lowest BCUT2D eigenvalue weighted by molar-refractivity contribution is -0.769. The Hall–Kier alpha value is -0.920. The van der Waals surface area contributed by atoms with Gasteiger partial charge in [0.25, 0.3) is 5.09 Å². The Bertz CT molecular complexity index is 221. The second-order valence-electron chi connectivity index (χ2n) is 3.03. The van der Waals surface area contributed by atoms with Crippen molar-refractivity contribution in [3.05, 3.63) is 10.1 Å². The number of ether oxygens (including phenoxy) is 2. The normalized spacial score (nSPS) is 43.2. The molecule has 74 valence electrons. The molecule has 0 aromatic carbocycles. The molecule has 0 saturated carbocycles. The molecule has 2 saturated heterocycles. The van der Waals surface area contributed by atoms with Crippen LogP contribution in [0.1, 0.15) is 0 Å². The van der Waals surface area contributed by atoms with Gasteiger partial charge in [0.15, 0.2) is 6.10 Å². The Morgan fingerprint density at radius 3 is 2.77 bits per heavy atom. The second-order valence-corrected chi connectivity index (χ2v) is 3.03. The molecular weight excluding hydrogens is 188 g/mol. The van der Waals surface area contributed by atoms with Crippen LogP contribution in [0.2, 0.25) is 0 Å². The Morgan fingerprint density at radius 2 is 2.08 bits per heavy atom. The Balaban J connectivity index is 1.98. The predicted molar refractivity (Wildman–Crippen MR) is 37.4 cm³/mol. The van der Waals surface area contributed by atoms with Crippen molar-refractivity contribution in [2.75, 3.05) is 13.2 Å². The Morgan fingerprint density at radius 1 is 1.38 bits per heavy atom. The molecule has 2 heterocycles. The van der Waals surface area contributed by atoms with Gasteiger partial charge in [-0.1, -0.05) is 0 Å². The van der Waals surface area contributed by atoms with Crippen molar-refractivity contribution in [2.24, 2.45) is 0 Å². The highest BCUT2D eigenvalue weighted by molar-refractivity contribution is 4.94. The quantitative estimate of drug-likeness (QED) is 0.337. The smallest absolute Gasteiger partial charge is 0.294 e. The minimum atomic E-state index is -0.871. The molecule has 2 fully saturated rings. The molecule has 7 nitrogen and oxygen atoms in total. The zero-order valence-corrected chi connectivity index (χ0v) is 6.66. The van der Waals surface area contributed by atoms with Crippen molar-refractivity contribution in [3.8, 4) is 0 Å². The molecule has 0 bridgehead atoms. The highest BCUT2D eigenvalue weighted by atomic mass is 17.0. The highest BCUT2D eigenvalue weighted by Crippen LogP contribution is 2.28. The van der Waals surface area contributed by atoms with Gasteiger partial charge < -0.3 is 19.4 Å². The van der Waals surface area contributed by atoms with Gasteiger partial charge >= 0.3 is 0 Å². The standard InChI is InChI=1S/C6H9NO6/c8-3-1-11-6-4(13-7(9)10)2-12-5(3)6/h3-6,8H,1-2H2/i1+1,2+1,3+1,4+1,5+1,6+1. The van der Waals surface area contributed by atoms with E-state index in [0.29, 0.717) is 0 Å². The van der Waals surface area contributed by atoms with E-state index >= 15 is 0 Å². The maximum Gasteiger partial charge on any atom is 0.294 e. The summed E-state index contributed by atoms with van der Waals surface area (Å²) in [6.45, 7) is 0.236. The summed E-state index contributed by atoms with van der Waals surface area (Å²) in [7, 11) is 0. The monoisotopic (exact) mass is 197 g/mol. The third-order valence-corrected chi connectivity index (χ3v) is 2.20. The van der Waals surface area contributed by atoms with E-state index < -0.39 is 29.5 Å². The lowest BCUT2D eigenvalue weighted by atomic mass is 11.1. The van der Waals surface area contributed by atoms with E-state index in [4.69, 9.17) is 9.47 Å².